The van der Waals surface area contributed by atoms with E-state index in [4.69, 9.17) is 9.47 Å². The number of benzene rings is 1. The number of carbonyl (C=O) groups is 3. The van der Waals surface area contributed by atoms with Gasteiger partial charge in [0.2, 0.25) is 11.8 Å². The van der Waals surface area contributed by atoms with Gasteiger partial charge in [0.05, 0.1) is 7.11 Å². The fourth-order valence-electron chi connectivity index (χ4n) is 3.15. The van der Waals surface area contributed by atoms with Gasteiger partial charge in [-0.3, -0.25) is 9.59 Å². The number of likely N-dealkylation sites (tertiary alicyclic amines) is 1. The third kappa shape index (κ3) is 9.11. The van der Waals surface area contributed by atoms with Crippen LogP contribution in [0.4, 0.5) is 4.79 Å². The molecule has 1 heterocycles. The molecule has 0 radical (unpaired) electrons. The summed E-state index contributed by atoms with van der Waals surface area (Å²) in [5, 5.41) is 5.54. The summed E-state index contributed by atoms with van der Waals surface area (Å²) in [4.78, 5) is 37.9. The third-order valence-corrected chi connectivity index (χ3v) is 4.70. The van der Waals surface area contributed by atoms with Crippen LogP contribution in [0, 0.1) is 0 Å². The minimum atomic E-state index is -0.569. The minimum absolute atomic E-state index is 0.0282. The Morgan fingerprint density at radius 1 is 1.19 bits per heavy atom. The zero-order valence-electron chi connectivity index (χ0n) is 18.8. The van der Waals surface area contributed by atoms with Crippen molar-refractivity contribution >= 4 is 24.0 Å². The molecule has 3 amide bonds. The molecule has 1 aromatic rings. The van der Waals surface area contributed by atoms with Gasteiger partial charge in [-0.05, 0) is 57.4 Å². The second-order valence-corrected chi connectivity index (χ2v) is 8.46. The molecule has 1 aliphatic rings. The molecule has 2 N–H and O–H groups in total. The fraction of sp³-hybridized carbons (Fsp3) is 0.522. The first kappa shape index (κ1) is 24.2. The highest BCUT2D eigenvalue weighted by Crippen LogP contribution is 2.15. The first-order valence-corrected chi connectivity index (χ1v) is 10.5. The molecular weight excluding hydrogens is 398 g/mol. The second-order valence-electron chi connectivity index (χ2n) is 8.46. The summed E-state index contributed by atoms with van der Waals surface area (Å²) in [6, 6.07) is 7.53. The lowest BCUT2D eigenvalue weighted by Crippen LogP contribution is -2.46. The number of nitrogens with zero attached hydrogens (tertiary/aromatic N) is 1. The zero-order valence-corrected chi connectivity index (χ0v) is 18.8. The average Bonchev–Trinajstić information content (AvgIpc) is 2.71. The highest BCUT2D eigenvalue weighted by atomic mass is 16.6. The van der Waals surface area contributed by atoms with Crippen LogP contribution in [-0.4, -0.2) is 61.2 Å². The molecule has 0 aromatic heterocycles. The van der Waals surface area contributed by atoms with Crippen LogP contribution < -0.4 is 15.4 Å². The van der Waals surface area contributed by atoms with Crippen LogP contribution >= 0.6 is 0 Å². The number of carbonyl (C=O) groups excluding carboxylic acids is 3. The molecule has 8 nitrogen and oxygen atoms in total. The van der Waals surface area contributed by atoms with E-state index in [9.17, 15) is 14.4 Å². The van der Waals surface area contributed by atoms with Gasteiger partial charge in [-0.1, -0.05) is 12.1 Å². The van der Waals surface area contributed by atoms with Gasteiger partial charge in [0, 0.05) is 38.2 Å². The van der Waals surface area contributed by atoms with Crippen molar-refractivity contribution in [3.05, 3.63) is 35.9 Å². The number of hydrogen-bond acceptors (Lipinski definition) is 5. The van der Waals surface area contributed by atoms with Gasteiger partial charge in [-0.15, -0.1) is 0 Å². The van der Waals surface area contributed by atoms with Gasteiger partial charge >= 0.3 is 6.09 Å². The lowest BCUT2D eigenvalue weighted by Gasteiger charge is -2.31. The topological polar surface area (TPSA) is 97.0 Å². The van der Waals surface area contributed by atoms with Crippen LogP contribution in [0.5, 0.6) is 5.75 Å². The summed E-state index contributed by atoms with van der Waals surface area (Å²) >= 11 is 0. The molecule has 0 atom stereocenters. The molecule has 170 valence electrons. The minimum Gasteiger partial charge on any atom is -0.497 e. The Morgan fingerprint density at radius 2 is 1.90 bits per heavy atom. The number of rotatable bonds is 7. The Bertz CT molecular complexity index is 793. The van der Waals surface area contributed by atoms with Crippen molar-refractivity contribution in [2.45, 2.75) is 51.7 Å². The van der Waals surface area contributed by atoms with E-state index in [-0.39, 0.29) is 30.8 Å². The summed E-state index contributed by atoms with van der Waals surface area (Å²) in [6.07, 6.45) is 4.39. The molecule has 8 heteroatoms. The van der Waals surface area contributed by atoms with Gasteiger partial charge < -0.3 is 25.0 Å². The SMILES string of the molecule is COc1cccc(/C=C/C(=O)N2CCC(NC(=O)CCNC(=O)OC(C)(C)C)CC2)c1. The second kappa shape index (κ2) is 11.4. The number of nitrogens with one attached hydrogen (secondary N) is 2. The number of ether oxygens (including phenoxy) is 2. The Balaban J connectivity index is 1.68. The van der Waals surface area contributed by atoms with Crippen molar-refractivity contribution in [1.82, 2.24) is 15.5 Å². The highest BCUT2D eigenvalue weighted by Gasteiger charge is 2.23. The zero-order chi connectivity index (χ0) is 22.9. The molecule has 2 rings (SSSR count). The molecular formula is C23H33N3O5. The van der Waals surface area contributed by atoms with E-state index in [2.05, 4.69) is 10.6 Å². The number of piperidine rings is 1. The first-order chi connectivity index (χ1) is 14.7. The Labute approximate surface area is 184 Å². The largest absolute Gasteiger partial charge is 0.497 e. The molecule has 0 spiro atoms. The molecule has 31 heavy (non-hydrogen) atoms. The molecule has 0 saturated carbocycles. The van der Waals surface area contributed by atoms with E-state index in [0.717, 1.165) is 11.3 Å². The van der Waals surface area contributed by atoms with Crippen LogP contribution in [0.25, 0.3) is 6.08 Å². The highest BCUT2D eigenvalue weighted by molar-refractivity contribution is 5.92. The lowest BCUT2D eigenvalue weighted by atomic mass is 10.0. The summed E-state index contributed by atoms with van der Waals surface area (Å²) < 4.78 is 10.3. The Morgan fingerprint density at radius 3 is 2.55 bits per heavy atom. The van der Waals surface area contributed by atoms with Crippen molar-refractivity contribution in [2.24, 2.45) is 0 Å². The van der Waals surface area contributed by atoms with Crippen LogP contribution in [0.1, 0.15) is 45.6 Å². The molecule has 1 saturated heterocycles. The number of methoxy groups -OCH3 is 1. The maximum atomic E-state index is 12.4. The number of hydrogen-bond donors (Lipinski definition) is 2. The van der Waals surface area contributed by atoms with Crippen molar-refractivity contribution < 1.29 is 23.9 Å². The normalized spacial score (nSPS) is 14.9. The molecule has 0 aliphatic carbocycles. The van der Waals surface area contributed by atoms with Crippen molar-refractivity contribution in [1.29, 1.82) is 0 Å². The summed E-state index contributed by atoms with van der Waals surface area (Å²) in [7, 11) is 1.61. The quantitative estimate of drug-likeness (QED) is 0.647. The van der Waals surface area contributed by atoms with Crippen molar-refractivity contribution in [2.75, 3.05) is 26.7 Å². The first-order valence-electron chi connectivity index (χ1n) is 10.5. The summed E-state index contributed by atoms with van der Waals surface area (Å²) in [6.45, 7) is 6.74. The number of alkyl carbamates (subject to hydrolysis) is 1. The van der Waals surface area contributed by atoms with Crippen LogP contribution in [0.3, 0.4) is 0 Å². The maximum absolute atomic E-state index is 12.4. The van der Waals surface area contributed by atoms with E-state index in [1.165, 1.54) is 0 Å². The monoisotopic (exact) mass is 431 g/mol. The van der Waals surface area contributed by atoms with Gasteiger partial charge in [-0.2, -0.15) is 0 Å². The summed E-state index contributed by atoms with van der Waals surface area (Å²) in [5.74, 6) is 0.570. The Kier molecular flexibility index (Phi) is 8.90. The molecule has 0 bridgehead atoms. The van der Waals surface area contributed by atoms with E-state index in [1.54, 1.807) is 44.9 Å². The summed E-state index contributed by atoms with van der Waals surface area (Å²) in [5.41, 5.74) is 0.329. The van der Waals surface area contributed by atoms with E-state index in [0.29, 0.717) is 25.9 Å². The predicted octanol–water partition coefficient (Wildman–Crippen LogP) is 2.73. The van der Waals surface area contributed by atoms with Gasteiger partial charge in [0.1, 0.15) is 11.4 Å². The van der Waals surface area contributed by atoms with Crippen LogP contribution in [0.15, 0.2) is 30.3 Å². The maximum Gasteiger partial charge on any atom is 0.407 e. The standard InChI is InChI=1S/C23H33N3O5/c1-23(2,3)31-22(29)24-13-10-20(27)25-18-11-14-26(15-12-18)21(28)9-8-17-6-5-7-19(16-17)30-4/h5-9,16,18H,10-15H2,1-4H3,(H,24,29)(H,25,27)/b9-8+. The van der Waals surface area contributed by atoms with Gasteiger partial charge in [0.15, 0.2) is 0 Å². The third-order valence-electron chi connectivity index (χ3n) is 4.70. The van der Waals surface area contributed by atoms with Gasteiger partial charge in [-0.25, -0.2) is 4.79 Å². The van der Waals surface area contributed by atoms with Crippen molar-refractivity contribution in [3.63, 3.8) is 0 Å². The smallest absolute Gasteiger partial charge is 0.407 e. The predicted molar refractivity (Wildman–Crippen MR) is 119 cm³/mol. The molecule has 1 fully saturated rings. The fourth-order valence-corrected chi connectivity index (χ4v) is 3.15. The van der Waals surface area contributed by atoms with Gasteiger partial charge in [0.25, 0.3) is 0 Å². The Hall–Kier alpha value is -3.03. The average molecular weight is 432 g/mol. The van der Waals surface area contributed by atoms with E-state index < -0.39 is 11.7 Å². The lowest BCUT2D eigenvalue weighted by molar-refractivity contribution is -0.127. The van der Waals surface area contributed by atoms with Crippen molar-refractivity contribution in [3.8, 4) is 5.75 Å². The molecule has 1 aliphatic heterocycles. The van der Waals surface area contributed by atoms with Crippen LogP contribution in [-0.2, 0) is 14.3 Å². The van der Waals surface area contributed by atoms with E-state index in [1.807, 2.05) is 24.3 Å². The molecule has 1 aromatic carbocycles. The van der Waals surface area contributed by atoms with Crippen LogP contribution in [0.2, 0.25) is 0 Å². The van der Waals surface area contributed by atoms with E-state index >= 15 is 0 Å². The number of amides is 3. The molecule has 0 unspecified atom stereocenters.